The maximum Gasteiger partial charge on any atom is 0.120 e. The van der Waals surface area contributed by atoms with Crippen LogP contribution >= 0.6 is 11.6 Å². The smallest absolute Gasteiger partial charge is 0.120 e. The number of ether oxygens (including phenoxy) is 1. The Morgan fingerprint density at radius 2 is 2.05 bits per heavy atom. The molecule has 0 heterocycles. The van der Waals surface area contributed by atoms with Gasteiger partial charge >= 0.3 is 0 Å². The molecule has 0 saturated heterocycles. The van der Waals surface area contributed by atoms with E-state index >= 15 is 0 Å². The van der Waals surface area contributed by atoms with Crippen molar-refractivity contribution in [1.82, 2.24) is 0 Å². The van der Waals surface area contributed by atoms with Gasteiger partial charge in [0.1, 0.15) is 12.4 Å². The van der Waals surface area contributed by atoms with Crippen molar-refractivity contribution in [1.29, 1.82) is 0 Å². The van der Waals surface area contributed by atoms with Gasteiger partial charge in [0.2, 0.25) is 0 Å². The minimum atomic E-state index is 0.141. The van der Waals surface area contributed by atoms with E-state index in [2.05, 4.69) is 12.1 Å². The number of halogens is 1. The normalized spacial score (nSPS) is 17.6. The van der Waals surface area contributed by atoms with Gasteiger partial charge in [-0.2, -0.15) is 0 Å². The lowest BCUT2D eigenvalue weighted by Gasteiger charge is -2.22. The van der Waals surface area contributed by atoms with E-state index in [0.717, 1.165) is 29.2 Å². The Morgan fingerprint density at radius 3 is 2.90 bits per heavy atom. The van der Waals surface area contributed by atoms with Gasteiger partial charge in [0.05, 0.1) is 0 Å². The molecule has 0 aromatic heterocycles. The third kappa shape index (κ3) is 2.82. The van der Waals surface area contributed by atoms with E-state index in [1.54, 1.807) is 0 Å². The Labute approximate surface area is 124 Å². The van der Waals surface area contributed by atoms with Crippen LogP contribution in [0.3, 0.4) is 0 Å². The zero-order valence-electron chi connectivity index (χ0n) is 11.3. The minimum Gasteiger partial charge on any atom is -0.489 e. The van der Waals surface area contributed by atoms with Gasteiger partial charge in [0, 0.05) is 16.6 Å². The van der Waals surface area contributed by atoms with Crippen LogP contribution in [-0.4, -0.2) is 0 Å². The molecule has 2 aromatic rings. The Balaban J connectivity index is 1.75. The van der Waals surface area contributed by atoms with Gasteiger partial charge in [-0.1, -0.05) is 35.9 Å². The van der Waals surface area contributed by atoms with Gasteiger partial charge in [0.15, 0.2) is 0 Å². The molecular weight excluding hydrogens is 270 g/mol. The van der Waals surface area contributed by atoms with Crippen LogP contribution in [0.25, 0.3) is 0 Å². The molecule has 2 N–H and O–H groups in total. The zero-order chi connectivity index (χ0) is 13.9. The first kappa shape index (κ1) is 13.5. The average molecular weight is 288 g/mol. The van der Waals surface area contributed by atoms with Crippen LogP contribution in [0.5, 0.6) is 5.75 Å². The molecule has 3 heteroatoms. The van der Waals surface area contributed by atoms with Gasteiger partial charge < -0.3 is 10.5 Å². The van der Waals surface area contributed by atoms with E-state index in [9.17, 15) is 0 Å². The van der Waals surface area contributed by atoms with Crippen LogP contribution in [0.1, 0.15) is 35.6 Å². The van der Waals surface area contributed by atoms with Crippen molar-refractivity contribution in [2.24, 2.45) is 5.73 Å². The highest BCUT2D eigenvalue weighted by Crippen LogP contribution is 2.31. The number of hydrogen-bond donors (Lipinski definition) is 1. The molecule has 1 unspecified atom stereocenters. The molecule has 2 aromatic carbocycles. The van der Waals surface area contributed by atoms with Crippen LogP contribution in [0.2, 0.25) is 5.02 Å². The van der Waals surface area contributed by atoms with E-state index in [1.165, 1.54) is 17.5 Å². The zero-order valence-corrected chi connectivity index (χ0v) is 12.1. The molecule has 20 heavy (non-hydrogen) atoms. The van der Waals surface area contributed by atoms with E-state index in [1.807, 2.05) is 30.3 Å². The summed E-state index contributed by atoms with van der Waals surface area (Å²) < 4.78 is 5.85. The fraction of sp³-hybridized carbons (Fsp3) is 0.294. The topological polar surface area (TPSA) is 35.2 Å². The Hall–Kier alpha value is -1.51. The fourth-order valence-corrected chi connectivity index (χ4v) is 2.87. The van der Waals surface area contributed by atoms with Crippen LogP contribution in [-0.2, 0) is 13.0 Å². The highest BCUT2D eigenvalue weighted by molar-refractivity contribution is 6.31. The van der Waals surface area contributed by atoms with Crippen molar-refractivity contribution in [2.45, 2.75) is 31.9 Å². The van der Waals surface area contributed by atoms with Crippen LogP contribution in [0, 0.1) is 0 Å². The Morgan fingerprint density at radius 1 is 1.20 bits per heavy atom. The number of nitrogens with two attached hydrogens (primary N) is 1. The summed E-state index contributed by atoms with van der Waals surface area (Å²) in [6.07, 6.45) is 3.35. The summed E-state index contributed by atoms with van der Waals surface area (Å²) in [5.74, 6) is 0.862. The monoisotopic (exact) mass is 287 g/mol. The molecule has 0 bridgehead atoms. The molecule has 1 atom stereocenters. The summed E-state index contributed by atoms with van der Waals surface area (Å²) in [5, 5.41) is 0.738. The first-order chi connectivity index (χ1) is 9.74. The van der Waals surface area contributed by atoms with Gasteiger partial charge in [-0.3, -0.25) is 0 Å². The van der Waals surface area contributed by atoms with E-state index < -0.39 is 0 Å². The first-order valence-corrected chi connectivity index (χ1v) is 7.36. The second kappa shape index (κ2) is 5.86. The second-order valence-electron chi connectivity index (χ2n) is 5.24. The largest absolute Gasteiger partial charge is 0.489 e. The summed E-state index contributed by atoms with van der Waals surface area (Å²) in [6.45, 7) is 0.480. The highest BCUT2D eigenvalue weighted by Gasteiger charge is 2.17. The summed E-state index contributed by atoms with van der Waals surface area (Å²) in [4.78, 5) is 0. The van der Waals surface area contributed by atoms with E-state index in [4.69, 9.17) is 22.1 Å². The van der Waals surface area contributed by atoms with Gasteiger partial charge in [-0.15, -0.1) is 0 Å². The quantitative estimate of drug-likeness (QED) is 0.916. The first-order valence-electron chi connectivity index (χ1n) is 6.98. The summed E-state index contributed by atoms with van der Waals surface area (Å²) in [5.41, 5.74) is 9.75. The SMILES string of the molecule is NC1CCCc2ccc(OCc3ccccc3Cl)cc21. The lowest BCUT2D eigenvalue weighted by molar-refractivity contribution is 0.305. The maximum absolute atomic E-state index is 6.17. The van der Waals surface area contributed by atoms with E-state index in [0.29, 0.717) is 6.61 Å². The Kier molecular flexibility index (Phi) is 3.95. The molecule has 0 fully saturated rings. The van der Waals surface area contributed by atoms with Crippen molar-refractivity contribution < 1.29 is 4.74 Å². The fourth-order valence-electron chi connectivity index (χ4n) is 2.68. The molecule has 0 radical (unpaired) electrons. The predicted molar refractivity (Wildman–Crippen MR) is 82.1 cm³/mol. The summed E-state index contributed by atoms with van der Waals surface area (Å²) in [6, 6.07) is 14.1. The van der Waals surface area contributed by atoms with Crippen LogP contribution in [0.15, 0.2) is 42.5 Å². The standard InChI is InChI=1S/C17H18ClNO/c18-16-6-2-1-4-13(16)11-20-14-9-8-12-5-3-7-17(19)15(12)10-14/h1-2,4,6,8-10,17H,3,5,7,11,19H2. The molecule has 2 nitrogen and oxygen atoms in total. The van der Waals surface area contributed by atoms with Crippen molar-refractivity contribution in [3.8, 4) is 5.75 Å². The lowest BCUT2D eigenvalue weighted by atomic mass is 9.88. The van der Waals surface area contributed by atoms with Crippen LogP contribution < -0.4 is 10.5 Å². The molecule has 0 aliphatic heterocycles. The Bertz CT molecular complexity index is 612. The summed E-state index contributed by atoms with van der Waals surface area (Å²) >= 11 is 6.13. The number of rotatable bonds is 3. The van der Waals surface area contributed by atoms with Crippen molar-refractivity contribution in [2.75, 3.05) is 0 Å². The molecule has 1 aliphatic rings. The predicted octanol–water partition coefficient (Wildman–Crippen LogP) is 4.26. The molecule has 1 aliphatic carbocycles. The lowest BCUT2D eigenvalue weighted by Crippen LogP contribution is -2.17. The van der Waals surface area contributed by atoms with Crippen molar-refractivity contribution in [3.05, 3.63) is 64.2 Å². The van der Waals surface area contributed by atoms with Crippen molar-refractivity contribution >= 4 is 11.6 Å². The molecule has 0 saturated carbocycles. The van der Waals surface area contributed by atoms with Gasteiger partial charge in [-0.05, 0) is 48.6 Å². The third-order valence-corrected chi connectivity index (χ3v) is 4.20. The highest BCUT2D eigenvalue weighted by atomic mass is 35.5. The maximum atomic E-state index is 6.17. The number of fused-ring (bicyclic) bond motifs is 1. The van der Waals surface area contributed by atoms with Crippen LogP contribution in [0.4, 0.5) is 0 Å². The van der Waals surface area contributed by atoms with Gasteiger partial charge in [-0.25, -0.2) is 0 Å². The van der Waals surface area contributed by atoms with Crippen molar-refractivity contribution in [3.63, 3.8) is 0 Å². The van der Waals surface area contributed by atoms with E-state index in [-0.39, 0.29) is 6.04 Å². The number of hydrogen-bond acceptors (Lipinski definition) is 2. The average Bonchev–Trinajstić information content (AvgIpc) is 2.47. The third-order valence-electron chi connectivity index (χ3n) is 3.83. The summed E-state index contributed by atoms with van der Waals surface area (Å²) in [7, 11) is 0. The minimum absolute atomic E-state index is 0.141. The molecular formula is C17H18ClNO. The molecule has 3 rings (SSSR count). The van der Waals surface area contributed by atoms with Gasteiger partial charge in [0.25, 0.3) is 0 Å². The number of benzene rings is 2. The molecule has 0 amide bonds. The molecule has 104 valence electrons. The number of aryl methyl sites for hydroxylation is 1. The molecule has 0 spiro atoms. The second-order valence-corrected chi connectivity index (χ2v) is 5.65.